The molecule has 0 aliphatic heterocycles. The monoisotopic (exact) mass is 200 g/mol. The number of aromatic nitrogens is 1. The summed E-state index contributed by atoms with van der Waals surface area (Å²) < 4.78 is 17.4. The zero-order chi connectivity index (χ0) is 10.7. The third-order valence-electron chi connectivity index (χ3n) is 1.62. The van der Waals surface area contributed by atoms with E-state index in [4.69, 9.17) is 5.73 Å². The van der Waals surface area contributed by atoms with Gasteiger partial charge in [-0.05, 0) is 13.0 Å². The van der Waals surface area contributed by atoms with Gasteiger partial charge in [-0.1, -0.05) is 0 Å². The molecular weight excluding hydrogens is 191 g/mol. The number of ether oxygens (including phenoxy) is 1. The highest BCUT2D eigenvalue weighted by Gasteiger charge is 2.18. The standard InChI is InChI=1S/C8H9FN2O3/c1-5(14-8(10)12)7-3-2-6(9)4-11(7)13/h2-5H,1H3,(H2,10,12)/t5-/m1/s1. The molecule has 76 valence electrons. The van der Waals surface area contributed by atoms with E-state index in [1.807, 2.05) is 0 Å². The van der Waals surface area contributed by atoms with Gasteiger partial charge < -0.3 is 15.7 Å². The summed E-state index contributed by atoms with van der Waals surface area (Å²) in [6.45, 7) is 1.46. The van der Waals surface area contributed by atoms with Crippen molar-refractivity contribution >= 4 is 6.09 Å². The van der Waals surface area contributed by atoms with Gasteiger partial charge in [0.1, 0.15) is 0 Å². The first-order valence-corrected chi connectivity index (χ1v) is 3.85. The van der Waals surface area contributed by atoms with Gasteiger partial charge in [0.15, 0.2) is 11.9 Å². The molecule has 1 atom stereocenters. The number of carbonyl (C=O) groups excluding carboxylic acids is 1. The van der Waals surface area contributed by atoms with Crippen LogP contribution >= 0.6 is 0 Å². The fourth-order valence-electron chi connectivity index (χ4n) is 1.02. The van der Waals surface area contributed by atoms with Crippen LogP contribution in [-0.4, -0.2) is 6.09 Å². The summed E-state index contributed by atoms with van der Waals surface area (Å²) in [5, 5.41) is 11.1. The second-order valence-electron chi connectivity index (χ2n) is 2.68. The lowest BCUT2D eigenvalue weighted by molar-refractivity contribution is -0.619. The number of pyridine rings is 1. The average Bonchev–Trinajstić information content (AvgIpc) is 2.01. The van der Waals surface area contributed by atoms with E-state index >= 15 is 0 Å². The Morgan fingerprint density at radius 2 is 2.36 bits per heavy atom. The van der Waals surface area contributed by atoms with E-state index in [0.717, 1.165) is 12.3 Å². The van der Waals surface area contributed by atoms with E-state index in [0.29, 0.717) is 4.73 Å². The second-order valence-corrected chi connectivity index (χ2v) is 2.68. The molecule has 1 heterocycles. The number of primary amides is 1. The van der Waals surface area contributed by atoms with Crippen LogP contribution in [0.15, 0.2) is 18.3 Å². The van der Waals surface area contributed by atoms with Gasteiger partial charge in [-0.25, -0.2) is 9.18 Å². The van der Waals surface area contributed by atoms with E-state index < -0.39 is 18.0 Å². The number of nitrogens with two attached hydrogens (primary N) is 1. The summed E-state index contributed by atoms with van der Waals surface area (Å²) in [6, 6.07) is 2.33. The molecule has 0 aromatic carbocycles. The van der Waals surface area contributed by atoms with Crippen LogP contribution in [0.4, 0.5) is 9.18 Å². The zero-order valence-electron chi connectivity index (χ0n) is 7.44. The molecule has 0 unspecified atom stereocenters. The molecule has 5 nitrogen and oxygen atoms in total. The minimum Gasteiger partial charge on any atom is -0.618 e. The van der Waals surface area contributed by atoms with Crippen molar-refractivity contribution in [3.05, 3.63) is 35.0 Å². The molecule has 1 amide bonds. The van der Waals surface area contributed by atoms with Gasteiger partial charge in [-0.3, -0.25) is 0 Å². The highest BCUT2D eigenvalue weighted by molar-refractivity contribution is 5.64. The summed E-state index contributed by atoms with van der Waals surface area (Å²) in [4.78, 5) is 10.4. The predicted molar refractivity (Wildman–Crippen MR) is 44.4 cm³/mol. The summed E-state index contributed by atoms with van der Waals surface area (Å²) in [7, 11) is 0. The van der Waals surface area contributed by atoms with Gasteiger partial charge in [-0.15, -0.1) is 0 Å². The van der Waals surface area contributed by atoms with Gasteiger partial charge in [0, 0.05) is 6.07 Å². The molecule has 0 saturated heterocycles. The molecule has 0 bridgehead atoms. The third-order valence-corrected chi connectivity index (χ3v) is 1.62. The van der Waals surface area contributed by atoms with Crippen molar-refractivity contribution in [1.82, 2.24) is 0 Å². The van der Waals surface area contributed by atoms with Gasteiger partial charge in [-0.2, -0.15) is 4.73 Å². The number of rotatable bonds is 2. The van der Waals surface area contributed by atoms with Gasteiger partial charge >= 0.3 is 6.09 Å². The molecule has 0 aliphatic carbocycles. The van der Waals surface area contributed by atoms with Crippen molar-refractivity contribution in [2.75, 3.05) is 0 Å². The van der Waals surface area contributed by atoms with Crippen LogP contribution in [0.2, 0.25) is 0 Å². The number of hydrogen-bond donors (Lipinski definition) is 1. The van der Waals surface area contributed by atoms with Gasteiger partial charge in [0.05, 0.1) is 0 Å². The maximum absolute atomic E-state index is 12.5. The Bertz CT molecular complexity index is 356. The Kier molecular flexibility index (Phi) is 2.85. The van der Waals surface area contributed by atoms with Crippen LogP contribution in [0.3, 0.4) is 0 Å². The van der Waals surface area contributed by atoms with E-state index in [1.165, 1.54) is 13.0 Å². The minimum atomic E-state index is -0.984. The lowest BCUT2D eigenvalue weighted by atomic mass is 10.2. The van der Waals surface area contributed by atoms with Crippen LogP contribution in [-0.2, 0) is 4.74 Å². The van der Waals surface area contributed by atoms with Crippen molar-refractivity contribution in [3.63, 3.8) is 0 Å². The SMILES string of the molecule is C[C@@H](OC(N)=O)c1ccc(F)c[n+]1[O-]. The zero-order valence-corrected chi connectivity index (χ0v) is 7.44. The predicted octanol–water partition coefficient (Wildman–Crippen LogP) is 0.615. The maximum Gasteiger partial charge on any atom is 0.405 e. The molecule has 0 spiro atoms. The van der Waals surface area contributed by atoms with E-state index in [9.17, 15) is 14.4 Å². The minimum absolute atomic E-state index is 0.116. The smallest absolute Gasteiger partial charge is 0.405 e. The van der Waals surface area contributed by atoms with E-state index in [2.05, 4.69) is 4.74 Å². The normalized spacial score (nSPS) is 12.1. The molecule has 0 fully saturated rings. The van der Waals surface area contributed by atoms with Crippen LogP contribution < -0.4 is 10.5 Å². The molecule has 6 heteroatoms. The van der Waals surface area contributed by atoms with E-state index in [-0.39, 0.29) is 5.69 Å². The quantitative estimate of drug-likeness (QED) is 0.561. The molecule has 0 radical (unpaired) electrons. The summed E-state index contributed by atoms with van der Waals surface area (Å²) >= 11 is 0. The van der Waals surface area contributed by atoms with Crippen LogP contribution in [0.5, 0.6) is 0 Å². The molecule has 14 heavy (non-hydrogen) atoms. The van der Waals surface area contributed by atoms with E-state index in [1.54, 1.807) is 0 Å². The van der Waals surface area contributed by atoms with Crippen molar-refractivity contribution in [2.45, 2.75) is 13.0 Å². The Morgan fingerprint density at radius 1 is 1.71 bits per heavy atom. The summed E-state index contributed by atoms with van der Waals surface area (Å²) in [6.07, 6.45) is -1.04. The molecular formula is C8H9FN2O3. The number of nitrogens with zero attached hydrogens (tertiary/aromatic N) is 1. The molecule has 1 aromatic rings. The topological polar surface area (TPSA) is 79.3 Å². The van der Waals surface area contributed by atoms with Crippen molar-refractivity contribution in [1.29, 1.82) is 0 Å². The number of amides is 1. The van der Waals surface area contributed by atoms with Crippen LogP contribution in [0.1, 0.15) is 18.7 Å². The molecule has 1 rings (SSSR count). The number of halogens is 1. The number of carbonyl (C=O) groups is 1. The van der Waals surface area contributed by atoms with Gasteiger partial charge in [0.2, 0.25) is 11.9 Å². The van der Waals surface area contributed by atoms with Gasteiger partial charge in [0.25, 0.3) is 0 Å². The summed E-state index contributed by atoms with van der Waals surface area (Å²) in [5.41, 5.74) is 4.88. The van der Waals surface area contributed by atoms with Crippen molar-refractivity contribution in [3.8, 4) is 0 Å². The first-order chi connectivity index (χ1) is 6.50. The molecule has 0 saturated carbocycles. The Hall–Kier alpha value is -1.85. The Balaban J connectivity index is 2.90. The maximum atomic E-state index is 12.5. The number of hydrogen-bond acceptors (Lipinski definition) is 3. The fourth-order valence-corrected chi connectivity index (χ4v) is 1.02. The Labute approximate surface area is 79.5 Å². The molecule has 0 aliphatic rings. The largest absolute Gasteiger partial charge is 0.618 e. The first-order valence-electron chi connectivity index (χ1n) is 3.85. The Morgan fingerprint density at radius 3 is 2.86 bits per heavy atom. The van der Waals surface area contributed by atoms with Crippen LogP contribution in [0.25, 0.3) is 0 Å². The lowest BCUT2D eigenvalue weighted by Crippen LogP contribution is -2.34. The van der Waals surface area contributed by atoms with Crippen LogP contribution in [0, 0.1) is 11.0 Å². The van der Waals surface area contributed by atoms with Crippen molar-refractivity contribution < 1.29 is 18.7 Å². The summed E-state index contributed by atoms with van der Waals surface area (Å²) in [5.74, 6) is -0.657. The first kappa shape index (κ1) is 10.2. The average molecular weight is 200 g/mol. The lowest BCUT2D eigenvalue weighted by Gasteiger charge is -2.10. The molecule has 1 aromatic heterocycles. The van der Waals surface area contributed by atoms with Crippen molar-refractivity contribution in [2.24, 2.45) is 5.73 Å². The highest BCUT2D eigenvalue weighted by Crippen LogP contribution is 2.12. The third kappa shape index (κ3) is 2.32. The highest BCUT2D eigenvalue weighted by atomic mass is 19.1. The second kappa shape index (κ2) is 3.91. The fraction of sp³-hybridized carbons (Fsp3) is 0.250. The molecule has 2 N–H and O–H groups in total.